The zero-order valence-corrected chi connectivity index (χ0v) is 18.8. The van der Waals surface area contributed by atoms with Crippen molar-refractivity contribution < 1.29 is 12.8 Å². The van der Waals surface area contributed by atoms with E-state index in [-0.39, 0.29) is 10.6 Å². The molecule has 160 valence electrons. The van der Waals surface area contributed by atoms with E-state index in [2.05, 4.69) is 10.2 Å². The molecule has 0 bridgehead atoms. The third kappa shape index (κ3) is 4.46. The molecule has 2 N–H and O–H groups in total. The van der Waals surface area contributed by atoms with E-state index < -0.39 is 15.8 Å². The van der Waals surface area contributed by atoms with Crippen molar-refractivity contribution >= 4 is 33.4 Å². The van der Waals surface area contributed by atoms with Crippen LogP contribution in [0.25, 0.3) is 11.4 Å². The highest BCUT2D eigenvalue weighted by Crippen LogP contribution is 2.29. The van der Waals surface area contributed by atoms with Crippen LogP contribution in [0.15, 0.2) is 52.5 Å². The molecule has 0 aliphatic carbocycles. The van der Waals surface area contributed by atoms with Crippen LogP contribution < -0.4 is 5.84 Å². The number of hydrogen-bond donors (Lipinski definition) is 1. The van der Waals surface area contributed by atoms with Gasteiger partial charge in [0.1, 0.15) is 5.82 Å². The molecule has 0 radical (unpaired) electrons. The molecule has 0 saturated carbocycles. The van der Waals surface area contributed by atoms with Crippen molar-refractivity contribution in [3.8, 4) is 11.4 Å². The van der Waals surface area contributed by atoms with Gasteiger partial charge in [-0.1, -0.05) is 55.4 Å². The van der Waals surface area contributed by atoms with Gasteiger partial charge in [-0.05, 0) is 24.3 Å². The number of halogens is 2. The highest BCUT2D eigenvalue weighted by molar-refractivity contribution is 7.98. The Morgan fingerprint density at radius 1 is 1.17 bits per heavy atom. The molecule has 1 heterocycles. The summed E-state index contributed by atoms with van der Waals surface area (Å²) >= 11 is 7.24. The molecule has 0 unspecified atom stereocenters. The Hall–Kier alpha value is -2.14. The van der Waals surface area contributed by atoms with E-state index in [1.165, 1.54) is 45.0 Å². The fourth-order valence-electron chi connectivity index (χ4n) is 2.89. The van der Waals surface area contributed by atoms with Gasteiger partial charge in [-0.25, -0.2) is 17.5 Å². The number of nitrogen functional groups attached to an aromatic ring is 1. The van der Waals surface area contributed by atoms with E-state index in [9.17, 15) is 12.8 Å². The molecule has 11 heteroatoms. The Balaban J connectivity index is 1.87. The van der Waals surface area contributed by atoms with E-state index in [0.717, 1.165) is 0 Å². The number of nitrogens with zero attached hydrogens (tertiary/aromatic N) is 4. The van der Waals surface area contributed by atoms with Gasteiger partial charge < -0.3 is 5.84 Å². The Morgan fingerprint density at radius 3 is 2.53 bits per heavy atom. The lowest BCUT2D eigenvalue weighted by molar-refractivity contribution is 0.445. The van der Waals surface area contributed by atoms with Crippen LogP contribution in [0.5, 0.6) is 0 Å². The van der Waals surface area contributed by atoms with Gasteiger partial charge in [0.2, 0.25) is 15.2 Å². The molecule has 1 aromatic heterocycles. The van der Waals surface area contributed by atoms with Crippen LogP contribution in [0.1, 0.15) is 19.4 Å². The van der Waals surface area contributed by atoms with Crippen molar-refractivity contribution in [3.63, 3.8) is 0 Å². The van der Waals surface area contributed by atoms with E-state index in [0.29, 0.717) is 40.2 Å². The zero-order valence-electron chi connectivity index (χ0n) is 16.4. The number of sulfonamides is 1. The van der Waals surface area contributed by atoms with Crippen LogP contribution in [-0.4, -0.2) is 40.7 Å². The van der Waals surface area contributed by atoms with E-state index in [4.69, 9.17) is 17.4 Å². The number of rotatable bonds is 8. The molecule has 3 aromatic rings. The standard InChI is InChI=1S/C19H21ClFN5O2S2/c1-3-25(4-2)30(27,28)14-8-5-7-13(11-14)18-23-24-19(26(18)22)29-12-15-16(20)9-6-10-17(15)21/h5-11H,3-4,12,22H2,1-2H3. The van der Waals surface area contributed by atoms with Gasteiger partial charge >= 0.3 is 0 Å². The van der Waals surface area contributed by atoms with Crippen LogP contribution in [0.2, 0.25) is 5.02 Å². The summed E-state index contributed by atoms with van der Waals surface area (Å²) in [4.78, 5) is 0.152. The number of benzene rings is 2. The smallest absolute Gasteiger partial charge is 0.243 e. The summed E-state index contributed by atoms with van der Waals surface area (Å²) in [5.74, 6) is 6.24. The molecule has 7 nitrogen and oxygen atoms in total. The summed E-state index contributed by atoms with van der Waals surface area (Å²) in [6.45, 7) is 4.31. The molecule has 0 aliphatic rings. The van der Waals surface area contributed by atoms with E-state index >= 15 is 0 Å². The van der Waals surface area contributed by atoms with Crippen molar-refractivity contribution in [2.24, 2.45) is 0 Å². The second kappa shape index (κ2) is 9.34. The molecule has 0 saturated heterocycles. The van der Waals surface area contributed by atoms with Crippen molar-refractivity contribution in [1.82, 2.24) is 19.2 Å². The van der Waals surface area contributed by atoms with Gasteiger partial charge in [-0.15, -0.1) is 10.2 Å². The predicted molar refractivity (Wildman–Crippen MR) is 117 cm³/mol. The first-order valence-electron chi connectivity index (χ1n) is 9.16. The lowest BCUT2D eigenvalue weighted by atomic mass is 10.2. The fraction of sp³-hybridized carbons (Fsp3) is 0.263. The van der Waals surface area contributed by atoms with Crippen LogP contribution in [-0.2, 0) is 15.8 Å². The van der Waals surface area contributed by atoms with Crippen LogP contribution in [0.3, 0.4) is 0 Å². The maximum atomic E-state index is 14.0. The summed E-state index contributed by atoms with van der Waals surface area (Å²) in [5, 5.41) is 8.80. The Bertz CT molecular complexity index is 1130. The fourth-order valence-corrected chi connectivity index (χ4v) is 5.59. The molecule has 3 rings (SSSR count). The molecule has 0 spiro atoms. The van der Waals surface area contributed by atoms with E-state index in [1.807, 2.05) is 0 Å². The molecule has 2 aromatic carbocycles. The zero-order chi connectivity index (χ0) is 21.9. The van der Waals surface area contributed by atoms with Crippen molar-refractivity contribution in [2.75, 3.05) is 18.9 Å². The number of thioether (sulfide) groups is 1. The number of hydrogen-bond acceptors (Lipinski definition) is 6. The second-order valence-electron chi connectivity index (χ2n) is 6.28. The lowest BCUT2D eigenvalue weighted by Gasteiger charge is -2.18. The molecule has 0 fully saturated rings. The monoisotopic (exact) mass is 469 g/mol. The topological polar surface area (TPSA) is 94.1 Å². The molecule has 0 aliphatic heterocycles. The van der Waals surface area contributed by atoms with Crippen LogP contribution in [0.4, 0.5) is 4.39 Å². The first kappa shape index (κ1) is 22.5. The molecular formula is C19H21ClFN5O2S2. The molecular weight excluding hydrogens is 449 g/mol. The van der Waals surface area contributed by atoms with Gasteiger partial charge in [0.05, 0.1) is 4.90 Å². The van der Waals surface area contributed by atoms with Gasteiger partial charge in [0, 0.05) is 35.0 Å². The maximum absolute atomic E-state index is 14.0. The Morgan fingerprint density at radius 2 is 1.87 bits per heavy atom. The SMILES string of the molecule is CCN(CC)S(=O)(=O)c1cccc(-c2nnc(SCc3c(F)cccc3Cl)n2N)c1. The molecule has 0 amide bonds. The third-order valence-corrected chi connectivity index (χ3v) is 7.88. The summed E-state index contributed by atoms with van der Waals surface area (Å²) in [5.41, 5.74) is 0.857. The van der Waals surface area contributed by atoms with Crippen molar-refractivity contribution in [3.05, 3.63) is 58.9 Å². The summed E-state index contributed by atoms with van der Waals surface area (Å²) < 4.78 is 42.2. The van der Waals surface area contributed by atoms with Crippen LogP contribution >= 0.6 is 23.4 Å². The predicted octanol–water partition coefficient (Wildman–Crippen LogP) is 3.77. The average Bonchev–Trinajstić information content (AvgIpc) is 3.09. The summed E-state index contributed by atoms with van der Waals surface area (Å²) in [6.07, 6.45) is 0. The first-order chi connectivity index (χ1) is 14.3. The van der Waals surface area contributed by atoms with E-state index in [1.54, 1.807) is 32.0 Å². The number of nitrogens with two attached hydrogens (primary N) is 1. The highest BCUT2D eigenvalue weighted by Gasteiger charge is 2.23. The van der Waals surface area contributed by atoms with Crippen molar-refractivity contribution in [1.29, 1.82) is 0 Å². The van der Waals surface area contributed by atoms with Gasteiger partial charge in [0.25, 0.3) is 0 Å². The van der Waals surface area contributed by atoms with Gasteiger partial charge in [-0.3, -0.25) is 0 Å². The number of aromatic nitrogens is 3. The summed E-state index contributed by atoms with van der Waals surface area (Å²) in [6, 6.07) is 10.9. The Kier molecular flexibility index (Phi) is 7.02. The summed E-state index contributed by atoms with van der Waals surface area (Å²) in [7, 11) is -3.62. The third-order valence-electron chi connectivity index (χ3n) is 4.51. The highest BCUT2D eigenvalue weighted by atomic mass is 35.5. The van der Waals surface area contributed by atoms with Crippen molar-refractivity contribution in [2.45, 2.75) is 29.7 Å². The largest absolute Gasteiger partial charge is 0.335 e. The second-order valence-corrected chi connectivity index (χ2v) is 9.57. The average molecular weight is 470 g/mol. The minimum atomic E-state index is -3.62. The van der Waals surface area contributed by atoms with Gasteiger partial charge in [0.15, 0.2) is 5.82 Å². The molecule has 30 heavy (non-hydrogen) atoms. The lowest BCUT2D eigenvalue weighted by Crippen LogP contribution is -2.30. The molecule has 0 atom stereocenters. The van der Waals surface area contributed by atoms with Gasteiger partial charge in [-0.2, -0.15) is 4.31 Å². The minimum Gasteiger partial charge on any atom is -0.335 e. The van der Waals surface area contributed by atoms with Crippen LogP contribution in [0, 0.1) is 5.82 Å². The first-order valence-corrected chi connectivity index (χ1v) is 12.0. The quantitative estimate of drug-likeness (QED) is 0.398. The minimum absolute atomic E-state index is 0.152. The maximum Gasteiger partial charge on any atom is 0.243 e. The Labute approximate surface area is 184 Å². The normalized spacial score (nSPS) is 11.9.